The van der Waals surface area contributed by atoms with Gasteiger partial charge in [-0.2, -0.15) is 0 Å². The molecule has 0 aliphatic carbocycles. The van der Waals surface area contributed by atoms with Crippen LogP contribution in [0.5, 0.6) is 0 Å². The van der Waals surface area contributed by atoms with E-state index in [4.69, 9.17) is 0 Å². The highest BCUT2D eigenvalue weighted by molar-refractivity contribution is 5.97. The maximum atomic E-state index is 13.0. The summed E-state index contributed by atoms with van der Waals surface area (Å²) >= 11 is 0. The van der Waals surface area contributed by atoms with Crippen molar-refractivity contribution in [2.75, 3.05) is 18.4 Å². The Balaban J connectivity index is 1.62. The van der Waals surface area contributed by atoms with Crippen LogP contribution in [0, 0.1) is 5.41 Å². The molecule has 0 radical (unpaired) electrons. The summed E-state index contributed by atoms with van der Waals surface area (Å²) in [5.41, 5.74) is 1.67. The van der Waals surface area contributed by atoms with Crippen molar-refractivity contribution in [3.8, 4) is 11.3 Å². The minimum absolute atomic E-state index is 0.0744. The second kappa shape index (κ2) is 7.08. The SMILES string of the molecule is CCC1(C(=O)Nc2cc3cc(-c4cnnn4C)ccc3cn2)CCNCC1. The third kappa shape index (κ3) is 3.30. The molecule has 3 aromatic rings. The standard InChI is InChI=1S/C20H24N6O/c1-3-20(6-8-21-9-7-20)19(27)24-18-11-16-10-14(4-5-15(16)12-22-18)17-13-23-25-26(17)2/h4-5,10-13,21H,3,6-9H2,1-2H3,(H,22,24,27). The molecule has 1 aliphatic heterocycles. The van der Waals surface area contributed by atoms with Gasteiger partial charge in [0.25, 0.3) is 0 Å². The van der Waals surface area contributed by atoms with E-state index in [9.17, 15) is 4.79 Å². The number of amides is 1. The number of carbonyl (C=O) groups is 1. The lowest BCUT2D eigenvalue weighted by Gasteiger charge is -2.35. The van der Waals surface area contributed by atoms with Gasteiger partial charge in [0, 0.05) is 24.2 Å². The second-order valence-corrected chi connectivity index (χ2v) is 7.21. The average Bonchev–Trinajstić information content (AvgIpc) is 3.13. The zero-order valence-electron chi connectivity index (χ0n) is 15.7. The molecule has 2 N–H and O–H groups in total. The lowest BCUT2D eigenvalue weighted by Crippen LogP contribution is -2.44. The molecule has 0 spiro atoms. The number of pyridine rings is 1. The first-order valence-corrected chi connectivity index (χ1v) is 9.38. The number of hydrogen-bond acceptors (Lipinski definition) is 5. The number of piperidine rings is 1. The van der Waals surface area contributed by atoms with Gasteiger partial charge >= 0.3 is 0 Å². The van der Waals surface area contributed by atoms with Crippen LogP contribution >= 0.6 is 0 Å². The first-order valence-electron chi connectivity index (χ1n) is 9.38. The molecule has 1 amide bonds. The Hall–Kier alpha value is -2.80. The molecule has 4 rings (SSSR count). The summed E-state index contributed by atoms with van der Waals surface area (Å²) < 4.78 is 1.74. The van der Waals surface area contributed by atoms with Gasteiger partial charge in [-0.25, -0.2) is 9.67 Å². The van der Waals surface area contributed by atoms with Crippen LogP contribution in [0.3, 0.4) is 0 Å². The average molecular weight is 364 g/mol. The molecule has 1 aliphatic rings. The Bertz CT molecular complexity index is 974. The summed E-state index contributed by atoms with van der Waals surface area (Å²) in [6, 6.07) is 8.06. The van der Waals surface area contributed by atoms with E-state index < -0.39 is 0 Å². The van der Waals surface area contributed by atoms with Gasteiger partial charge < -0.3 is 10.6 Å². The number of carbonyl (C=O) groups excluding carboxylic acids is 1. The lowest BCUT2D eigenvalue weighted by atomic mass is 9.76. The van der Waals surface area contributed by atoms with E-state index in [1.807, 2.05) is 25.2 Å². The largest absolute Gasteiger partial charge is 0.317 e. The molecular formula is C20H24N6O. The van der Waals surface area contributed by atoms with E-state index in [2.05, 4.69) is 38.9 Å². The van der Waals surface area contributed by atoms with E-state index in [1.54, 1.807) is 17.1 Å². The zero-order valence-corrected chi connectivity index (χ0v) is 15.7. The molecule has 0 bridgehead atoms. The summed E-state index contributed by atoms with van der Waals surface area (Å²) in [6.45, 7) is 3.86. The fraction of sp³-hybridized carbons (Fsp3) is 0.400. The highest BCUT2D eigenvalue weighted by atomic mass is 16.2. The van der Waals surface area contributed by atoms with Gasteiger partial charge in [0.1, 0.15) is 5.82 Å². The van der Waals surface area contributed by atoms with E-state index in [0.29, 0.717) is 5.82 Å². The van der Waals surface area contributed by atoms with Gasteiger partial charge in [0.2, 0.25) is 5.91 Å². The number of fused-ring (bicyclic) bond motifs is 1. The van der Waals surface area contributed by atoms with Crippen LogP contribution in [0.15, 0.2) is 36.7 Å². The van der Waals surface area contributed by atoms with Gasteiger partial charge in [0.05, 0.1) is 17.3 Å². The van der Waals surface area contributed by atoms with Crippen LogP contribution in [0.4, 0.5) is 5.82 Å². The number of benzene rings is 1. The molecule has 7 nitrogen and oxygen atoms in total. The first-order chi connectivity index (χ1) is 13.1. The number of nitrogens with one attached hydrogen (secondary N) is 2. The van der Waals surface area contributed by atoms with Crippen LogP contribution < -0.4 is 10.6 Å². The predicted octanol–water partition coefficient (Wildman–Crippen LogP) is 2.75. The molecule has 0 unspecified atom stereocenters. The van der Waals surface area contributed by atoms with Gasteiger partial charge in [-0.3, -0.25) is 4.79 Å². The normalized spacial score (nSPS) is 16.4. The van der Waals surface area contributed by atoms with Gasteiger partial charge in [-0.1, -0.05) is 24.3 Å². The van der Waals surface area contributed by atoms with Crippen LogP contribution in [-0.2, 0) is 11.8 Å². The summed E-state index contributed by atoms with van der Waals surface area (Å²) in [5, 5.41) is 16.4. The van der Waals surface area contributed by atoms with Crippen LogP contribution in [-0.4, -0.2) is 39.0 Å². The van der Waals surface area contributed by atoms with Crippen molar-refractivity contribution in [1.29, 1.82) is 0 Å². The molecule has 7 heteroatoms. The Morgan fingerprint density at radius 3 is 2.74 bits per heavy atom. The minimum Gasteiger partial charge on any atom is -0.317 e. The monoisotopic (exact) mass is 364 g/mol. The number of nitrogens with zero attached hydrogens (tertiary/aromatic N) is 4. The second-order valence-electron chi connectivity index (χ2n) is 7.21. The summed E-state index contributed by atoms with van der Waals surface area (Å²) in [5.74, 6) is 0.671. The van der Waals surface area contributed by atoms with Crippen molar-refractivity contribution in [1.82, 2.24) is 25.3 Å². The highest BCUT2D eigenvalue weighted by Gasteiger charge is 2.37. The number of anilines is 1. The highest BCUT2D eigenvalue weighted by Crippen LogP contribution is 2.34. The van der Waals surface area contributed by atoms with Crippen LogP contribution in [0.25, 0.3) is 22.0 Å². The molecular weight excluding hydrogens is 340 g/mol. The minimum atomic E-state index is -0.301. The Morgan fingerprint density at radius 2 is 2.04 bits per heavy atom. The van der Waals surface area contributed by atoms with E-state index in [1.165, 1.54) is 0 Å². The quantitative estimate of drug-likeness (QED) is 0.744. The van der Waals surface area contributed by atoms with E-state index >= 15 is 0 Å². The molecule has 3 heterocycles. The Kier molecular flexibility index (Phi) is 4.61. The number of hydrogen-bond donors (Lipinski definition) is 2. The topological polar surface area (TPSA) is 84.7 Å². The van der Waals surface area contributed by atoms with Crippen molar-refractivity contribution in [3.63, 3.8) is 0 Å². The van der Waals surface area contributed by atoms with Crippen LogP contribution in [0.1, 0.15) is 26.2 Å². The number of aryl methyl sites for hydroxylation is 1. The molecule has 140 valence electrons. The maximum absolute atomic E-state index is 13.0. The molecule has 1 aromatic carbocycles. The molecule has 27 heavy (non-hydrogen) atoms. The zero-order chi connectivity index (χ0) is 18.9. The van der Waals surface area contributed by atoms with E-state index in [0.717, 1.165) is 54.4 Å². The summed E-state index contributed by atoms with van der Waals surface area (Å²) in [6.07, 6.45) is 6.11. The van der Waals surface area contributed by atoms with Crippen molar-refractivity contribution >= 4 is 22.5 Å². The van der Waals surface area contributed by atoms with Gasteiger partial charge in [0.15, 0.2) is 0 Å². The van der Waals surface area contributed by atoms with Crippen LogP contribution in [0.2, 0.25) is 0 Å². The molecule has 1 fully saturated rings. The fourth-order valence-corrected chi connectivity index (χ4v) is 3.82. The van der Waals surface area contributed by atoms with Crippen molar-refractivity contribution < 1.29 is 4.79 Å². The van der Waals surface area contributed by atoms with Crippen molar-refractivity contribution in [2.24, 2.45) is 12.5 Å². The summed E-state index contributed by atoms with van der Waals surface area (Å²) in [7, 11) is 1.87. The van der Waals surface area contributed by atoms with Crippen molar-refractivity contribution in [3.05, 3.63) is 36.7 Å². The molecule has 0 saturated carbocycles. The Labute approximate surface area is 158 Å². The van der Waals surface area contributed by atoms with E-state index in [-0.39, 0.29) is 11.3 Å². The first kappa shape index (κ1) is 17.6. The smallest absolute Gasteiger partial charge is 0.231 e. The molecule has 2 aromatic heterocycles. The maximum Gasteiger partial charge on any atom is 0.231 e. The van der Waals surface area contributed by atoms with Crippen molar-refractivity contribution in [2.45, 2.75) is 26.2 Å². The predicted molar refractivity (Wildman–Crippen MR) is 105 cm³/mol. The lowest BCUT2D eigenvalue weighted by molar-refractivity contribution is -0.127. The number of aromatic nitrogens is 4. The molecule has 1 saturated heterocycles. The fourth-order valence-electron chi connectivity index (χ4n) is 3.82. The molecule has 0 atom stereocenters. The van der Waals surface area contributed by atoms with Gasteiger partial charge in [-0.05, 0) is 49.9 Å². The number of rotatable bonds is 4. The Morgan fingerprint density at radius 1 is 1.22 bits per heavy atom. The third-order valence-corrected chi connectivity index (χ3v) is 5.69. The van der Waals surface area contributed by atoms with Gasteiger partial charge in [-0.15, -0.1) is 5.10 Å². The summed E-state index contributed by atoms with van der Waals surface area (Å²) in [4.78, 5) is 17.4. The third-order valence-electron chi connectivity index (χ3n) is 5.69.